The summed E-state index contributed by atoms with van der Waals surface area (Å²) in [6, 6.07) is 19.9. The number of rotatable bonds is 9. The summed E-state index contributed by atoms with van der Waals surface area (Å²) in [6.45, 7) is 4.26. The molecule has 0 fully saturated rings. The van der Waals surface area contributed by atoms with E-state index in [1.165, 1.54) is 46.8 Å². The maximum Gasteiger partial charge on any atom is 0.261 e. The molecule has 3 aromatic carbocycles. The molecule has 0 unspecified atom stereocenters. The average Bonchev–Trinajstić information content (AvgIpc) is 2.80. The summed E-state index contributed by atoms with van der Waals surface area (Å²) in [6.07, 6.45) is 0. The summed E-state index contributed by atoms with van der Waals surface area (Å²) >= 11 is 0. The molecular formula is C23H25N3O5S2. The Hall–Kier alpha value is -3.21. The molecule has 0 aliphatic heterocycles. The zero-order valence-corrected chi connectivity index (χ0v) is 19.9. The van der Waals surface area contributed by atoms with Crippen molar-refractivity contribution in [1.82, 2.24) is 4.31 Å². The van der Waals surface area contributed by atoms with Crippen molar-refractivity contribution in [3.8, 4) is 0 Å². The Kier molecular flexibility index (Phi) is 7.52. The Morgan fingerprint density at radius 1 is 0.758 bits per heavy atom. The fourth-order valence-electron chi connectivity index (χ4n) is 3.16. The second kappa shape index (κ2) is 10.2. The molecule has 10 heteroatoms. The van der Waals surface area contributed by atoms with Gasteiger partial charge in [0.25, 0.3) is 15.9 Å². The third kappa shape index (κ3) is 5.78. The van der Waals surface area contributed by atoms with Gasteiger partial charge in [-0.2, -0.15) is 4.31 Å². The van der Waals surface area contributed by atoms with Crippen LogP contribution in [0.15, 0.2) is 88.7 Å². The number of nitrogens with zero attached hydrogens (tertiary/aromatic N) is 1. The van der Waals surface area contributed by atoms with Crippen LogP contribution in [0.3, 0.4) is 0 Å². The van der Waals surface area contributed by atoms with Crippen LogP contribution in [0.2, 0.25) is 0 Å². The molecule has 0 aromatic heterocycles. The minimum Gasteiger partial charge on any atom is -0.322 e. The van der Waals surface area contributed by atoms with Gasteiger partial charge in [0.05, 0.1) is 9.79 Å². The van der Waals surface area contributed by atoms with Crippen molar-refractivity contribution in [2.24, 2.45) is 0 Å². The van der Waals surface area contributed by atoms with Crippen LogP contribution in [-0.4, -0.2) is 40.1 Å². The van der Waals surface area contributed by atoms with Crippen LogP contribution in [0.5, 0.6) is 0 Å². The van der Waals surface area contributed by atoms with E-state index >= 15 is 0 Å². The number of hydrogen-bond donors (Lipinski definition) is 2. The number of benzene rings is 3. The van der Waals surface area contributed by atoms with Gasteiger partial charge in [0, 0.05) is 30.0 Å². The third-order valence-electron chi connectivity index (χ3n) is 4.89. The monoisotopic (exact) mass is 487 g/mol. The van der Waals surface area contributed by atoms with Crippen LogP contribution in [0.1, 0.15) is 24.2 Å². The van der Waals surface area contributed by atoms with Gasteiger partial charge in [-0.1, -0.05) is 38.1 Å². The molecule has 0 saturated carbocycles. The number of carbonyl (C=O) groups is 1. The molecule has 0 bridgehead atoms. The first-order valence-corrected chi connectivity index (χ1v) is 13.2. The molecule has 0 spiro atoms. The molecule has 0 aliphatic rings. The van der Waals surface area contributed by atoms with Gasteiger partial charge in [0.2, 0.25) is 10.0 Å². The van der Waals surface area contributed by atoms with Gasteiger partial charge in [0.1, 0.15) is 0 Å². The Labute approximate surface area is 194 Å². The van der Waals surface area contributed by atoms with Gasteiger partial charge >= 0.3 is 0 Å². The first kappa shape index (κ1) is 24.4. The van der Waals surface area contributed by atoms with Crippen LogP contribution in [0.25, 0.3) is 0 Å². The quantitative estimate of drug-likeness (QED) is 0.477. The van der Waals surface area contributed by atoms with Crippen molar-refractivity contribution < 1.29 is 21.6 Å². The second-order valence-electron chi connectivity index (χ2n) is 7.07. The highest BCUT2D eigenvalue weighted by Crippen LogP contribution is 2.20. The molecule has 0 heterocycles. The molecule has 0 radical (unpaired) electrons. The summed E-state index contributed by atoms with van der Waals surface area (Å²) in [7, 11) is -7.38. The predicted molar refractivity (Wildman–Crippen MR) is 128 cm³/mol. The highest BCUT2D eigenvalue weighted by atomic mass is 32.2. The molecule has 3 rings (SSSR count). The smallest absolute Gasteiger partial charge is 0.261 e. The van der Waals surface area contributed by atoms with Crippen molar-refractivity contribution in [2.75, 3.05) is 23.1 Å². The van der Waals surface area contributed by atoms with Gasteiger partial charge in [-0.25, -0.2) is 16.8 Å². The molecule has 2 N–H and O–H groups in total. The molecule has 1 amide bonds. The van der Waals surface area contributed by atoms with Gasteiger partial charge < -0.3 is 5.32 Å². The Morgan fingerprint density at radius 2 is 1.39 bits per heavy atom. The second-order valence-corrected chi connectivity index (χ2v) is 10.7. The van der Waals surface area contributed by atoms with Gasteiger partial charge in [-0.15, -0.1) is 0 Å². The number of hydrogen-bond acceptors (Lipinski definition) is 5. The highest BCUT2D eigenvalue weighted by molar-refractivity contribution is 7.92. The first-order chi connectivity index (χ1) is 15.7. The van der Waals surface area contributed by atoms with E-state index in [2.05, 4.69) is 10.0 Å². The van der Waals surface area contributed by atoms with E-state index in [4.69, 9.17) is 0 Å². The topological polar surface area (TPSA) is 113 Å². The SMILES string of the molecule is CCN(CC)S(=O)(=O)c1ccc(NC(=O)c2cccc(NS(=O)(=O)c3ccccc3)c2)cc1. The van der Waals surface area contributed by atoms with E-state index in [-0.39, 0.29) is 21.0 Å². The molecule has 8 nitrogen and oxygen atoms in total. The van der Waals surface area contributed by atoms with Gasteiger partial charge in [-0.05, 0) is 54.6 Å². The molecule has 0 atom stereocenters. The maximum absolute atomic E-state index is 12.7. The van der Waals surface area contributed by atoms with Crippen LogP contribution in [-0.2, 0) is 20.0 Å². The summed E-state index contributed by atoms with van der Waals surface area (Å²) in [5.41, 5.74) is 0.893. The zero-order chi connectivity index (χ0) is 24.1. The highest BCUT2D eigenvalue weighted by Gasteiger charge is 2.21. The maximum atomic E-state index is 12.7. The lowest BCUT2D eigenvalue weighted by atomic mass is 10.2. The first-order valence-electron chi connectivity index (χ1n) is 10.3. The number of amides is 1. The fourth-order valence-corrected chi connectivity index (χ4v) is 5.69. The number of anilines is 2. The molecule has 3 aromatic rings. The van der Waals surface area contributed by atoms with E-state index in [0.29, 0.717) is 18.8 Å². The minimum absolute atomic E-state index is 0.111. The molecule has 33 heavy (non-hydrogen) atoms. The fraction of sp³-hybridized carbons (Fsp3) is 0.174. The van der Waals surface area contributed by atoms with Gasteiger partial charge in [-0.3, -0.25) is 9.52 Å². The van der Waals surface area contributed by atoms with Crippen molar-refractivity contribution >= 4 is 37.3 Å². The average molecular weight is 488 g/mol. The molecule has 0 aliphatic carbocycles. The lowest BCUT2D eigenvalue weighted by molar-refractivity contribution is 0.102. The number of sulfonamides is 2. The Bertz CT molecular complexity index is 1320. The zero-order valence-electron chi connectivity index (χ0n) is 18.2. The predicted octanol–water partition coefficient (Wildman–Crippen LogP) is 3.77. The lowest BCUT2D eigenvalue weighted by Gasteiger charge is -2.18. The normalized spacial score (nSPS) is 11.8. The minimum atomic E-state index is -3.79. The number of carbonyl (C=O) groups excluding carboxylic acids is 1. The molecule has 174 valence electrons. The summed E-state index contributed by atoms with van der Waals surface area (Å²) in [4.78, 5) is 12.9. The standard InChI is InChI=1S/C23H25N3O5S2/c1-3-26(4-2)33(30,31)22-15-13-19(14-16-22)24-23(27)18-9-8-10-20(17-18)25-32(28,29)21-11-6-5-7-12-21/h5-17,25H,3-4H2,1-2H3,(H,24,27). The van der Waals surface area contributed by atoms with Crippen molar-refractivity contribution in [1.29, 1.82) is 0 Å². The molecular weight excluding hydrogens is 462 g/mol. The van der Waals surface area contributed by atoms with Crippen molar-refractivity contribution in [3.63, 3.8) is 0 Å². The van der Waals surface area contributed by atoms with Crippen LogP contribution in [0, 0.1) is 0 Å². The largest absolute Gasteiger partial charge is 0.322 e. The summed E-state index contributed by atoms with van der Waals surface area (Å²) < 4.78 is 54.0. The third-order valence-corrected chi connectivity index (χ3v) is 8.35. The molecule has 0 saturated heterocycles. The van der Waals surface area contributed by atoms with Gasteiger partial charge in [0.15, 0.2) is 0 Å². The van der Waals surface area contributed by atoms with Crippen molar-refractivity contribution in [3.05, 3.63) is 84.4 Å². The van der Waals surface area contributed by atoms with E-state index in [1.54, 1.807) is 50.2 Å². The van der Waals surface area contributed by atoms with E-state index < -0.39 is 26.0 Å². The summed E-state index contributed by atoms with van der Waals surface area (Å²) in [5.74, 6) is -0.463. The lowest BCUT2D eigenvalue weighted by Crippen LogP contribution is -2.30. The number of nitrogens with one attached hydrogen (secondary N) is 2. The Balaban J connectivity index is 1.74. The van der Waals surface area contributed by atoms with Crippen molar-refractivity contribution in [2.45, 2.75) is 23.6 Å². The van der Waals surface area contributed by atoms with Crippen LogP contribution >= 0.6 is 0 Å². The van der Waals surface area contributed by atoms with E-state index in [0.717, 1.165) is 0 Å². The van der Waals surface area contributed by atoms with Crippen LogP contribution < -0.4 is 10.0 Å². The van der Waals surface area contributed by atoms with Crippen LogP contribution in [0.4, 0.5) is 11.4 Å². The Morgan fingerprint density at radius 3 is 2.00 bits per heavy atom. The summed E-state index contributed by atoms with van der Waals surface area (Å²) in [5, 5.41) is 2.69. The van der Waals surface area contributed by atoms with E-state index in [9.17, 15) is 21.6 Å². The van der Waals surface area contributed by atoms with E-state index in [1.807, 2.05) is 0 Å².